The fourth-order valence-electron chi connectivity index (χ4n) is 2.77. The molecule has 0 N–H and O–H groups in total. The van der Waals surface area contributed by atoms with E-state index in [1.54, 1.807) is 23.6 Å². The number of nitrogens with zero attached hydrogens (tertiary/aromatic N) is 2. The lowest BCUT2D eigenvalue weighted by atomic mass is 10.1. The Labute approximate surface area is 179 Å². The molecule has 0 atom stereocenters. The molecule has 4 nitrogen and oxygen atoms in total. The molecule has 2 heterocycles. The smallest absolute Gasteiger partial charge is 0.345 e. The van der Waals surface area contributed by atoms with Crippen LogP contribution in [0.5, 0.6) is 0 Å². The first-order valence-electron chi connectivity index (χ1n) is 8.67. The van der Waals surface area contributed by atoms with Gasteiger partial charge in [0.2, 0.25) is 0 Å². The van der Waals surface area contributed by atoms with Crippen molar-refractivity contribution < 1.29 is 4.42 Å². The second kappa shape index (κ2) is 8.39. The van der Waals surface area contributed by atoms with Gasteiger partial charge in [-0.15, -0.1) is 11.3 Å². The summed E-state index contributed by atoms with van der Waals surface area (Å²) in [6.07, 6.45) is 5.45. The Bertz CT molecular complexity index is 1340. The van der Waals surface area contributed by atoms with Gasteiger partial charge in [0, 0.05) is 15.2 Å². The molecule has 29 heavy (non-hydrogen) atoms. The van der Waals surface area contributed by atoms with Gasteiger partial charge in [0.25, 0.3) is 0 Å². The zero-order valence-corrected chi connectivity index (χ0v) is 17.4. The van der Waals surface area contributed by atoms with Crippen LogP contribution in [0.25, 0.3) is 33.9 Å². The molecule has 0 unspecified atom stereocenters. The van der Waals surface area contributed by atoms with Gasteiger partial charge in [-0.25, -0.2) is 9.78 Å². The third-order valence-corrected chi connectivity index (χ3v) is 5.55. The first-order valence-corrected chi connectivity index (χ1v) is 10.3. The minimum absolute atomic E-state index is 0.371. The molecule has 0 amide bonds. The van der Waals surface area contributed by atoms with Crippen LogP contribution >= 0.6 is 27.3 Å². The predicted molar refractivity (Wildman–Crippen MR) is 120 cm³/mol. The second-order valence-electron chi connectivity index (χ2n) is 6.13. The van der Waals surface area contributed by atoms with E-state index in [0.717, 1.165) is 15.4 Å². The van der Waals surface area contributed by atoms with Crippen molar-refractivity contribution in [1.82, 2.24) is 4.98 Å². The van der Waals surface area contributed by atoms with E-state index in [2.05, 4.69) is 27.0 Å². The number of fused-ring (bicyclic) bond motifs is 1. The molecule has 140 valence electrons. The number of nitriles is 1. The van der Waals surface area contributed by atoms with E-state index in [1.165, 1.54) is 11.3 Å². The predicted octanol–water partition coefficient (Wildman–Crippen LogP) is 6.30. The van der Waals surface area contributed by atoms with Gasteiger partial charge in [-0.2, -0.15) is 5.26 Å². The molecule has 4 aromatic rings. The average Bonchev–Trinajstić information content (AvgIpc) is 3.21. The zero-order chi connectivity index (χ0) is 20.2. The van der Waals surface area contributed by atoms with Crippen LogP contribution in [0.2, 0.25) is 0 Å². The van der Waals surface area contributed by atoms with Gasteiger partial charge in [-0.1, -0.05) is 58.4 Å². The number of halogens is 1. The van der Waals surface area contributed by atoms with Crippen LogP contribution in [0.1, 0.15) is 10.6 Å². The van der Waals surface area contributed by atoms with Crippen molar-refractivity contribution in [2.75, 3.05) is 0 Å². The van der Waals surface area contributed by atoms with Gasteiger partial charge in [-0.3, -0.25) is 0 Å². The number of hydrogen-bond acceptors (Lipinski definition) is 5. The standard InChI is InChI=1S/C23H13BrN2O2S/c24-18-9-10-21-17(11-18)12-19(23(27)28-21)20-14-29-22(26-20)16(13-25)8-4-7-15-5-2-1-3-6-15/h1-12,14H/b7-4+,16-8-. The number of allylic oxidation sites excluding steroid dienone is 3. The second-order valence-corrected chi connectivity index (χ2v) is 7.90. The molecule has 0 saturated carbocycles. The lowest BCUT2D eigenvalue weighted by molar-refractivity contribution is 0.563. The maximum Gasteiger partial charge on any atom is 0.345 e. The lowest BCUT2D eigenvalue weighted by Crippen LogP contribution is -2.02. The Hall–Kier alpha value is -3.27. The summed E-state index contributed by atoms with van der Waals surface area (Å²) in [5.41, 5.74) is 2.40. The van der Waals surface area contributed by atoms with Crippen molar-refractivity contribution in [2.45, 2.75) is 0 Å². The summed E-state index contributed by atoms with van der Waals surface area (Å²) in [7, 11) is 0. The molecule has 0 saturated heterocycles. The van der Waals surface area contributed by atoms with Crippen molar-refractivity contribution in [3.05, 3.63) is 97.6 Å². The summed E-state index contributed by atoms with van der Waals surface area (Å²) in [5.74, 6) is 0. The molecule has 0 aliphatic heterocycles. The van der Waals surface area contributed by atoms with E-state index in [4.69, 9.17) is 4.42 Å². The number of aromatic nitrogens is 1. The molecule has 0 aliphatic carbocycles. The van der Waals surface area contributed by atoms with Crippen LogP contribution in [0.3, 0.4) is 0 Å². The van der Waals surface area contributed by atoms with Crippen molar-refractivity contribution in [3.63, 3.8) is 0 Å². The molecule has 4 rings (SSSR count). The molecular formula is C23H13BrN2O2S. The van der Waals surface area contributed by atoms with Crippen LogP contribution in [0, 0.1) is 11.3 Å². The Balaban J connectivity index is 1.67. The van der Waals surface area contributed by atoms with Gasteiger partial charge in [0.1, 0.15) is 16.7 Å². The van der Waals surface area contributed by atoms with Gasteiger partial charge < -0.3 is 4.42 Å². The monoisotopic (exact) mass is 460 g/mol. The average molecular weight is 461 g/mol. The Kier molecular flexibility index (Phi) is 5.52. The van der Waals surface area contributed by atoms with Gasteiger partial charge in [-0.05, 0) is 35.9 Å². The molecule has 0 bridgehead atoms. The summed E-state index contributed by atoms with van der Waals surface area (Å²) in [5, 5.41) is 12.6. The summed E-state index contributed by atoms with van der Waals surface area (Å²) in [6, 6.07) is 19.2. The molecule has 0 spiro atoms. The minimum atomic E-state index is -0.455. The Morgan fingerprint density at radius 3 is 2.79 bits per heavy atom. The van der Waals surface area contributed by atoms with Crippen LogP contribution in [-0.2, 0) is 0 Å². The molecule has 0 radical (unpaired) electrons. The summed E-state index contributed by atoms with van der Waals surface area (Å²) in [4.78, 5) is 16.9. The van der Waals surface area contributed by atoms with Gasteiger partial charge in [0.05, 0.1) is 16.8 Å². The summed E-state index contributed by atoms with van der Waals surface area (Å²) in [6.45, 7) is 0. The van der Waals surface area contributed by atoms with Crippen LogP contribution in [0.15, 0.2) is 85.8 Å². The van der Waals surface area contributed by atoms with Crippen LogP contribution in [-0.4, -0.2) is 4.98 Å². The Morgan fingerprint density at radius 2 is 2.00 bits per heavy atom. The lowest BCUT2D eigenvalue weighted by Gasteiger charge is -2.00. The third kappa shape index (κ3) is 4.27. The highest BCUT2D eigenvalue weighted by molar-refractivity contribution is 9.10. The quantitative estimate of drug-likeness (QED) is 0.203. The van der Waals surface area contributed by atoms with Crippen molar-refractivity contribution in [1.29, 1.82) is 5.26 Å². The van der Waals surface area contributed by atoms with E-state index in [9.17, 15) is 10.1 Å². The normalized spacial score (nSPS) is 11.8. The molecule has 6 heteroatoms. The zero-order valence-electron chi connectivity index (χ0n) is 15.0. The first-order chi connectivity index (χ1) is 14.1. The van der Waals surface area contributed by atoms with E-state index >= 15 is 0 Å². The van der Waals surface area contributed by atoms with E-state index in [0.29, 0.717) is 27.4 Å². The molecule has 0 fully saturated rings. The minimum Gasteiger partial charge on any atom is -0.422 e. The largest absolute Gasteiger partial charge is 0.422 e. The van der Waals surface area contributed by atoms with Gasteiger partial charge in [0.15, 0.2) is 0 Å². The molecule has 2 aromatic carbocycles. The topological polar surface area (TPSA) is 66.9 Å². The van der Waals surface area contributed by atoms with E-state index in [-0.39, 0.29) is 0 Å². The van der Waals surface area contributed by atoms with Crippen molar-refractivity contribution >= 4 is 49.9 Å². The highest BCUT2D eigenvalue weighted by Gasteiger charge is 2.13. The maximum atomic E-state index is 12.4. The number of benzene rings is 2. The molecule has 2 aromatic heterocycles. The SMILES string of the molecule is N#C/C(=C/C=C/c1ccccc1)c1nc(-c2cc3cc(Br)ccc3oc2=O)cs1. The molecule has 0 aliphatic rings. The van der Waals surface area contributed by atoms with Crippen LogP contribution in [0.4, 0.5) is 0 Å². The fraction of sp³-hybridized carbons (Fsp3) is 0. The first kappa shape index (κ1) is 19.1. The maximum absolute atomic E-state index is 12.4. The highest BCUT2D eigenvalue weighted by atomic mass is 79.9. The van der Waals surface area contributed by atoms with Crippen molar-refractivity contribution in [2.24, 2.45) is 0 Å². The number of thiazole rings is 1. The van der Waals surface area contributed by atoms with Crippen molar-refractivity contribution in [3.8, 4) is 17.3 Å². The highest BCUT2D eigenvalue weighted by Crippen LogP contribution is 2.27. The fourth-order valence-corrected chi connectivity index (χ4v) is 3.94. The van der Waals surface area contributed by atoms with Crippen LogP contribution < -0.4 is 5.63 Å². The Morgan fingerprint density at radius 1 is 1.17 bits per heavy atom. The number of hydrogen-bond donors (Lipinski definition) is 0. The summed E-state index contributed by atoms with van der Waals surface area (Å²) < 4.78 is 6.30. The van der Waals surface area contributed by atoms with Gasteiger partial charge >= 0.3 is 5.63 Å². The van der Waals surface area contributed by atoms with E-state index < -0.39 is 5.63 Å². The van der Waals surface area contributed by atoms with E-state index in [1.807, 2.05) is 54.6 Å². The number of rotatable bonds is 4. The third-order valence-electron chi connectivity index (χ3n) is 4.18. The molecular weight excluding hydrogens is 448 g/mol. The summed E-state index contributed by atoms with van der Waals surface area (Å²) >= 11 is 4.74.